The quantitative estimate of drug-likeness (QED) is 0.473. The third kappa shape index (κ3) is 2.70. The highest BCUT2D eigenvalue weighted by molar-refractivity contribution is 6.30. The molecule has 0 atom stereocenters. The van der Waals surface area contributed by atoms with Crippen molar-refractivity contribution < 1.29 is 0 Å². The largest absolute Gasteiger partial charge is 0.223 e. The first-order chi connectivity index (χ1) is 11.7. The fourth-order valence-electron chi connectivity index (χ4n) is 2.56. The van der Waals surface area contributed by atoms with Gasteiger partial charge < -0.3 is 0 Å². The average Bonchev–Trinajstić information content (AvgIpc) is 2.62. The lowest BCUT2D eigenvalue weighted by Crippen LogP contribution is -1.99. The van der Waals surface area contributed by atoms with Crippen LogP contribution in [0.1, 0.15) is 0 Å². The first kappa shape index (κ1) is 15.0. The molecule has 116 valence electrons. The molecule has 0 spiro atoms. The van der Waals surface area contributed by atoms with E-state index in [0.29, 0.717) is 22.4 Å². The zero-order chi connectivity index (χ0) is 16.5. The summed E-state index contributed by atoms with van der Waals surface area (Å²) in [5.41, 5.74) is 4.19. The molecule has 0 aliphatic carbocycles. The first-order valence-electron chi connectivity index (χ1n) is 7.24. The highest BCUT2D eigenvalue weighted by Crippen LogP contribution is 2.32. The van der Waals surface area contributed by atoms with E-state index in [1.165, 1.54) is 0 Å². The molecule has 2 aromatic heterocycles. The number of fused-ring (bicyclic) bond motifs is 1. The Morgan fingerprint density at radius 1 is 0.500 bits per heavy atom. The predicted octanol–water partition coefficient (Wildman–Crippen LogP) is 5.06. The van der Waals surface area contributed by atoms with Gasteiger partial charge in [-0.2, -0.15) is 0 Å². The van der Waals surface area contributed by atoms with E-state index in [2.05, 4.69) is 19.9 Å². The Bertz CT molecular complexity index is 937. The van der Waals surface area contributed by atoms with Crippen LogP contribution >= 0.6 is 23.2 Å². The minimum absolute atomic E-state index is 0.143. The molecule has 0 unspecified atom stereocenters. The Kier molecular flexibility index (Phi) is 3.84. The molecule has 4 rings (SSSR count). The molecule has 0 saturated carbocycles. The summed E-state index contributed by atoms with van der Waals surface area (Å²) >= 11 is 12.3. The Hall–Kier alpha value is -2.56. The normalized spacial score (nSPS) is 10.9. The number of hydrogen-bond acceptors (Lipinski definition) is 4. The van der Waals surface area contributed by atoms with Gasteiger partial charge in [0.1, 0.15) is 22.4 Å². The molecule has 24 heavy (non-hydrogen) atoms. The van der Waals surface area contributed by atoms with Crippen LogP contribution in [0, 0.1) is 0 Å². The van der Waals surface area contributed by atoms with Crippen LogP contribution in [-0.4, -0.2) is 19.9 Å². The fraction of sp³-hybridized carbons (Fsp3) is 0. The van der Waals surface area contributed by atoms with Crippen LogP contribution in [0.2, 0.25) is 10.6 Å². The van der Waals surface area contributed by atoms with Crippen molar-refractivity contribution in [2.45, 2.75) is 0 Å². The summed E-state index contributed by atoms with van der Waals surface area (Å²) in [6.45, 7) is 0. The number of hydrogen-bond donors (Lipinski definition) is 0. The van der Waals surface area contributed by atoms with Gasteiger partial charge in [0.05, 0.1) is 0 Å². The second-order valence-corrected chi connectivity index (χ2v) is 5.79. The lowest BCUT2D eigenvalue weighted by atomic mass is 10.1. The van der Waals surface area contributed by atoms with Crippen LogP contribution in [0.4, 0.5) is 0 Å². The summed E-state index contributed by atoms with van der Waals surface area (Å²) in [4.78, 5) is 17.4. The van der Waals surface area contributed by atoms with E-state index in [1.807, 2.05) is 60.7 Å². The highest BCUT2D eigenvalue weighted by atomic mass is 35.5. The molecule has 0 N–H and O–H groups in total. The summed E-state index contributed by atoms with van der Waals surface area (Å²) in [6.07, 6.45) is 0. The van der Waals surface area contributed by atoms with E-state index in [4.69, 9.17) is 23.2 Å². The summed E-state index contributed by atoms with van der Waals surface area (Å²) in [7, 11) is 0. The molecule has 2 heterocycles. The van der Waals surface area contributed by atoms with Crippen molar-refractivity contribution in [3.8, 4) is 22.5 Å². The van der Waals surface area contributed by atoms with Gasteiger partial charge in [-0.05, 0) is 23.2 Å². The smallest absolute Gasteiger partial charge is 0.216 e. The van der Waals surface area contributed by atoms with Crippen molar-refractivity contribution >= 4 is 34.2 Å². The SMILES string of the molecule is Clc1nc(-c2ccccc2)c2nc(Cl)nc(-c3ccccc3)c2n1. The second kappa shape index (κ2) is 6.15. The van der Waals surface area contributed by atoms with Gasteiger partial charge in [0.25, 0.3) is 0 Å². The zero-order valence-electron chi connectivity index (χ0n) is 12.3. The van der Waals surface area contributed by atoms with Crippen LogP contribution in [0.3, 0.4) is 0 Å². The Morgan fingerprint density at radius 2 is 0.875 bits per heavy atom. The van der Waals surface area contributed by atoms with E-state index >= 15 is 0 Å². The maximum Gasteiger partial charge on any atom is 0.223 e. The Labute approximate surface area is 148 Å². The van der Waals surface area contributed by atoms with Gasteiger partial charge >= 0.3 is 0 Å². The number of aromatic nitrogens is 4. The number of rotatable bonds is 2. The van der Waals surface area contributed by atoms with Gasteiger partial charge in [0, 0.05) is 11.1 Å². The van der Waals surface area contributed by atoms with Crippen molar-refractivity contribution in [1.29, 1.82) is 0 Å². The molecular weight excluding hydrogens is 343 g/mol. The molecule has 0 radical (unpaired) electrons. The molecule has 0 bridgehead atoms. The average molecular weight is 353 g/mol. The van der Waals surface area contributed by atoms with Gasteiger partial charge in [0.15, 0.2) is 0 Å². The summed E-state index contributed by atoms with van der Waals surface area (Å²) in [6, 6.07) is 19.4. The third-order valence-electron chi connectivity index (χ3n) is 3.58. The number of halogens is 2. The van der Waals surface area contributed by atoms with Crippen molar-refractivity contribution in [2.24, 2.45) is 0 Å². The summed E-state index contributed by atoms with van der Waals surface area (Å²) < 4.78 is 0. The molecule has 0 saturated heterocycles. The van der Waals surface area contributed by atoms with E-state index < -0.39 is 0 Å². The van der Waals surface area contributed by atoms with E-state index in [-0.39, 0.29) is 10.6 Å². The van der Waals surface area contributed by atoms with E-state index in [9.17, 15) is 0 Å². The van der Waals surface area contributed by atoms with Crippen molar-refractivity contribution in [3.63, 3.8) is 0 Å². The maximum atomic E-state index is 6.16. The molecule has 2 aromatic carbocycles. The minimum Gasteiger partial charge on any atom is -0.216 e. The monoisotopic (exact) mass is 352 g/mol. The maximum absolute atomic E-state index is 6.16. The van der Waals surface area contributed by atoms with Crippen molar-refractivity contribution in [3.05, 3.63) is 71.2 Å². The summed E-state index contributed by atoms with van der Waals surface area (Å²) in [5, 5.41) is 0.286. The van der Waals surface area contributed by atoms with Gasteiger partial charge in [-0.3, -0.25) is 0 Å². The van der Waals surface area contributed by atoms with Crippen LogP contribution in [0.25, 0.3) is 33.5 Å². The van der Waals surface area contributed by atoms with Crippen LogP contribution in [0.15, 0.2) is 60.7 Å². The van der Waals surface area contributed by atoms with Crippen LogP contribution < -0.4 is 0 Å². The van der Waals surface area contributed by atoms with Gasteiger partial charge in [-0.25, -0.2) is 19.9 Å². The Balaban J connectivity index is 2.09. The van der Waals surface area contributed by atoms with Gasteiger partial charge in [0.2, 0.25) is 10.6 Å². The molecule has 0 amide bonds. The molecule has 6 heteroatoms. The molecule has 0 aliphatic rings. The molecular formula is C18H10Cl2N4. The number of nitrogens with zero attached hydrogens (tertiary/aromatic N) is 4. The fourth-order valence-corrected chi connectivity index (χ4v) is 2.89. The molecule has 0 aliphatic heterocycles. The minimum atomic E-state index is 0.143. The number of benzene rings is 2. The predicted molar refractivity (Wildman–Crippen MR) is 96.0 cm³/mol. The van der Waals surface area contributed by atoms with Gasteiger partial charge in [-0.15, -0.1) is 0 Å². The summed E-state index contributed by atoms with van der Waals surface area (Å²) in [5.74, 6) is 0. The van der Waals surface area contributed by atoms with Crippen LogP contribution in [-0.2, 0) is 0 Å². The molecule has 4 nitrogen and oxygen atoms in total. The van der Waals surface area contributed by atoms with E-state index in [1.54, 1.807) is 0 Å². The second-order valence-electron chi connectivity index (χ2n) is 5.11. The molecule has 4 aromatic rings. The van der Waals surface area contributed by atoms with Crippen molar-refractivity contribution in [1.82, 2.24) is 19.9 Å². The van der Waals surface area contributed by atoms with Gasteiger partial charge in [-0.1, -0.05) is 60.7 Å². The first-order valence-corrected chi connectivity index (χ1v) is 7.99. The van der Waals surface area contributed by atoms with E-state index in [0.717, 1.165) is 11.1 Å². The van der Waals surface area contributed by atoms with Crippen molar-refractivity contribution in [2.75, 3.05) is 0 Å². The highest BCUT2D eigenvalue weighted by Gasteiger charge is 2.17. The lowest BCUT2D eigenvalue weighted by Gasteiger charge is -2.09. The zero-order valence-corrected chi connectivity index (χ0v) is 13.8. The third-order valence-corrected chi connectivity index (χ3v) is 3.92. The lowest BCUT2D eigenvalue weighted by molar-refractivity contribution is 1.15. The van der Waals surface area contributed by atoms with Crippen LogP contribution in [0.5, 0.6) is 0 Å². The topological polar surface area (TPSA) is 51.6 Å². The standard InChI is InChI=1S/C18H10Cl2N4/c19-17-21-13(11-7-3-1-4-8-11)15-16(24-17)14(22-18(20)23-15)12-9-5-2-6-10-12/h1-10H. The Morgan fingerprint density at radius 3 is 1.25 bits per heavy atom. The molecule has 0 fully saturated rings.